The zero-order valence-electron chi connectivity index (χ0n) is 12.8. The van der Waals surface area contributed by atoms with Gasteiger partial charge in [-0.25, -0.2) is 0 Å². The lowest BCUT2D eigenvalue weighted by atomic mass is 9.80. The summed E-state index contributed by atoms with van der Waals surface area (Å²) in [6.45, 7) is 9.34. The van der Waals surface area contributed by atoms with Gasteiger partial charge in [0.15, 0.2) is 0 Å². The van der Waals surface area contributed by atoms with Crippen molar-refractivity contribution in [3.05, 3.63) is 0 Å². The molecule has 3 atom stereocenters. The number of hydrogen-bond acceptors (Lipinski definition) is 3. The van der Waals surface area contributed by atoms with E-state index in [9.17, 15) is 4.79 Å². The highest BCUT2D eigenvalue weighted by molar-refractivity contribution is 5.85. The Bertz CT molecular complexity index is 350. The molecule has 0 aromatic rings. The maximum atomic E-state index is 11.7. The minimum Gasteiger partial charge on any atom is -0.368 e. The summed E-state index contributed by atoms with van der Waals surface area (Å²) < 4.78 is 0. The van der Waals surface area contributed by atoms with Crippen LogP contribution in [0.25, 0.3) is 0 Å². The van der Waals surface area contributed by atoms with Gasteiger partial charge in [0.05, 0.1) is 5.54 Å². The third-order valence-electron chi connectivity index (χ3n) is 5.40. The minimum absolute atomic E-state index is 0.191. The van der Waals surface area contributed by atoms with Gasteiger partial charge in [-0.05, 0) is 50.6 Å². The van der Waals surface area contributed by atoms with E-state index in [2.05, 4.69) is 31.0 Å². The Hall–Kier alpha value is -0.610. The Morgan fingerprint density at radius 2 is 2.05 bits per heavy atom. The van der Waals surface area contributed by atoms with Crippen LogP contribution in [-0.4, -0.2) is 42.5 Å². The molecular weight excluding hydrogens is 238 g/mol. The fraction of sp³-hybridized carbons (Fsp3) is 0.933. The van der Waals surface area contributed by atoms with Crippen LogP contribution in [0, 0.1) is 11.3 Å². The summed E-state index contributed by atoms with van der Waals surface area (Å²) in [6, 6.07) is 0.521. The number of hydrogen-bond donors (Lipinski definition) is 2. The molecule has 2 rings (SSSR count). The molecule has 2 fully saturated rings. The molecule has 4 heteroatoms. The molecule has 0 radical (unpaired) electrons. The first-order valence-electron chi connectivity index (χ1n) is 7.51. The Labute approximate surface area is 117 Å². The highest BCUT2D eigenvalue weighted by Gasteiger charge is 2.46. The lowest BCUT2D eigenvalue weighted by Crippen LogP contribution is -2.53. The molecule has 110 valence electrons. The summed E-state index contributed by atoms with van der Waals surface area (Å²) in [7, 11) is 1.86. The molecule has 0 aromatic heterocycles. The van der Waals surface area contributed by atoms with Crippen LogP contribution in [0.1, 0.15) is 46.5 Å². The van der Waals surface area contributed by atoms with Gasteiger partial charge >= 0.3 is 0 Å². The SMILES string of the molecule is CNC1(C(N)=O)CCC(N2CCC(C(C)(C)C)C2)C1. The average molecular weight is 267 g/mol. The number of amides is 1. The van der Waals surface area contributed by atoms with Crippen LogP contribution in [0.4, 0.5) is 0 Å². The Kier molecular flexibility index (Phi) is 3.94. The molecule has 0 bridgehead atoms. The highest BCUT2D eigenvalue weighted by Crippen LogP contribution is 2.39. The first-order valence-corrected chi connectivity index (χ1v) is 7.51. The topological polar surface area (TPSA) is 58.4 Å². The molecule has 19 heavy (non-hydrogen) atoms. The Balaban J connectivity index is 1.98. The first kappa shape index (κ1) is 14.8. The van der Waals surface area contributed by atoms with E-state index >= 15 is 0 Å². The summed E-state index contributed by atoms with van der Waals surface area (Å²) >= 11 is 0. The van der Waals surface area contributed by atoms with E-state index < -0.39 is 5.54 Å². The monoisotopic (exact) mass is 267 g/mol. The van der Waals surface area contributed by atoms with Gasteiger partial charge in [0, 0.05) is 12.6 Å². The maximum Gasteiger partial charge on any atom is 0.237 e. The normalized spacial score (nSPS) is 36.8. The van der Waals surface area contributed by atoms with Gasteiger partial charge in [-0.2, -0.15) is 0 Å². The zero-order valence-corrected chi connectivity index (χ0v) is 12.8. The fourth-order valence-electron chi connectivity index (χ4n) is 3.73. The van der Waals surface area contributed by atoms with Gasteiger partial charge < -0.3 is 11.1 Å². The molecule has 3 N–H and O–H groups in total. The van der Waals surface area contributed by atoms with Crippen molar-refractivity contribution in [3.63, 3.8) is 0 Å². The van der Waals surface area contributed by atoms with Crippen molar-refractivity contribution in [1.29, 1.82) is 0 Å². The fourth-order valence-corrected chi connectivity index (χ4v) is 3.73. The molecule has 0 spiro atoms. The summed E-state index contributed by atoms with van der Waals surface area (Å²) in [5.74, 6) is 0.578. The lowest BCUT2D eigenvalue weighted by molar-refractivity contribution is -0.124. The molecule has 1 saturated carbocycles. The maximum absolute atomic E-state index is 11.7. The van der Waals surface area contributed by atoms with E-state index in [1.165, 1.54) is 19.5 Å². The largest absolute Gasteiger partial charge is 0.368 e. The first-order chi connectivity index (χ1) is 8.78. The Morgan fingerprint density at radius 1 is 1.37 bits per heavy atom. The second kappa shape index (κ2) is 5.06. The van der Waals surface area contributed by atoms with E-state index in [4.69, 9.17) is 5.73 Å². The van der Waals surface area contributed by atoms with E-state index in [0.717, 1.165) is 25.2 Å². The second-order valence-corrected chi connectivity index (χ2v) is 7.44. The van der Waals surface area contributed by atoms with Crippen LogP contribution in [0.3, 0.4) is 0 Å². The second-order valence-electron chi connectivity index (χ2n) is 7.44. The van der Waals surface area contributed by atoms with Crippen LogP contribution < -0.4 is 11.1 Å². The van der Waals surface area contributed by atoms with Crippen LogP contribution in [0.2, 0.25) is 0 Å². The van der Waals surface area contributed by atoms with E-state index in [-0.39, 0.29) is 5.91 Å². The van der Waals surface area contributed by atoms with Gasteiger partial charge in [-0.1, -0.05) is 20.8 Å². The number of nitrogens with two attached hydrogens (primary N) is 1. The summed E-state index contributed by atoms with van der Waals surface area (Å²) in [4.78, 5) is 14.3. The predicted molar refractivity (Wildman–Crippen MR) is 77.8 cm³/mol. The number of carbonyl (C=O) groups excluding carboxylic acids is 1. The molecule has 1 aliphatic heterocycles. The molecule has 4 nitrogen and oxygen atoms in total. The third kappa shape index (κ3) is 2.79. The highest BCUT2D eigenvalue weighted by atomic mass is 16.1. The number of carbonyl (C=O) groups is 1. The van der Waals surface area contributed by atoms with Crippen molar-refractivity contribution in [2.24, 2.45) is 17.1 Å². The lowest BCUT2D eigenvalue weighted by Gasteiger charge is -2.30. The van der Waals surface area contributed by atoms with Gasteiger partial charge in [0.1, 0.15) is 0 Å². The van der Waals surface area contributed by atoms with Gasteiger partial charge in [-0.15, -0.1) is 0 Å². The molecule has 2 aliphatic rings. The quantitative estimate of drug-likeness (QED) is 0.811. The number of likely N-dealkylation sites (tertiary alicyclic amines) is 1. The van der Waals surface area contributed by atoms with Crippen molar-refractivity contribution in [3.8, 4) is 0 Å². The summed E-state index contributed by atoms with van der Waals surface area (Å²) in [5, 5.41) is 3.17. The predicted octanol–water partition coefficient (Wildman–Crippen LogP) is 1.35. The van der Waals surface area contributed by atoms with Crippen molar-refractivity contribution >= 4 is 5.91 Å². The summed E-state index contributed by atoms with van der Waals surface area (Å²) in [6.07, 6.45) is 4.11. The van der Waals surface area contributed by atoms with E-state index in [1.807, 2.05) is 7.05 Å². The van der Waals surface area contributed by atoms with Crippen molar-refractivity contribution < 1.29 is 4.79 Å². The van der Waals surface area contributed by atoms with Crippen molar-refractivity contribution in [2.45, 2.75) is 58.0 Å². The number of nitrogens with one attached hydrogen (secondary N) is 1. The van der Waals surface area contributed by atoms with Crippen LogP contribution in [0.5, 0.6) is 0 Å². The minimum atomic E-state index is -0.468. The summed E-state index contributed by atoms with van der Waals surface area (Å²) in [5.41, 5.74) is 5.50. The molecule has 1 heterocycles. The Morgan fingerprint density at radius 3 is 2.47 bits per heavy atom. The van der Waals surface area contributed by atoms with Gasteiger partial charge in [0.2, 0.25) is 5.91 Å². The zero-order chi connectivity index (χ0) is 14.3. The smallest absolute Gasteiger partial charge is 0.237 e. The average Bonchev–Trinajstić information content (AvgIpc) is 2.95. The molecule has 0 aromatic carbocycles. The molecule has 1 saturated heterocycles. The van der Waals surface area contributed by atoms with Crippen LogP contribution >= 0.6 is 0 Å². The number of nitrogens with zero attached hydrogens (tertiary/aromatic N) is 1. The van der Waals surface area contributed by atoms with Gasteiger partial charge in [-0.3, -0.25) is 9.69 Å². The van der Waals surface area contributed by atoms with E-state index in [1.54, 1.807) is 0 Å². The number of rotatable bonds is 3. The van der Waals surface area contributed by atoms with Crippen molar-refractivity contribution in [2.75, 3.05) is 20.1 Å². The molecular formula is C15H29N3O. The van der Waals surface area contributed by atoms with Crippen LogP contribution in [0.15, 0.2) is 0 Å². The number of likely N-dealkylation sites (N-methyl/N-ethyl adjacent to an activating group) is 1. The molecule has 3 unspecified atom stereocenters. The number of primary amides is 1. The van der Waals surface area contributed by atoms with Crippen molar-refractivity contribution in [1.82, 2.24) is 10.2 Å². The standard InChI is InChI=1S/C15H29N3O/c1-14(2,3)11-6-8-18(10-11)12-5-7-15(9-12,17-4)13(16)19/h11-12,17H,5-10H2,1-4H3,(H2,16,19). The van der Waals surface area contributed by atoms with Gasteiger partial charge in [0.25, 0.3) is 0 Å². The van der Waals surface area contributed by atoms with E-state index in [0.29, 0.717) is 11.5 Å². The molecule has 1 aliphatic carbocycles. The molecule has 1 amide bonds. The third-order valence-corrected chi connectivity index (χ3v) is 5.40. The van der Waals surface area contributed by atoms with Crippen LogP contribution in [-0.2, 0) is 4.79 Å².